The van der Waals surface area contributed by atoms with E-state index in [9.17, 15) is 9.18 Å². The van der Waals surface area contributed by atoms with Crippen LogP contribution in [0.25, 0.3) is 5.70 Å². The molecule has 0 spiro atoms. The molecular formula is C27H30FN3O2. The van der Waals surface area contributed by atoms with Gasteiger partial charge in [0.05, 0.1) is 12.2 Å². The number of benzene rings is 2. The molecule has 5 nitrogen and oxygen atoms in total. The minimum Gasteiger partial charge on any atom is -0.380 e. The molecule has 0 atom stereocenters. The molecule has 2 aromatic rings. The Kier molecular flexibility index (Phi) is 8.79. The maximum atomic E-state index is 14.1. The molecular weight excluding hydrogens is 417 g/mol. The van der Waals surface area contributed by atoms with Crippen LogP contribution >= 0.6 is 0 Å². The summed E-state index contributed by atoms with van der Waals surface area (Å²) in [6.07, 6.45) is 12.4. The molecule has 1 heterocycles. The van der Waals surface area contributed by atoms with Crippen molar-refractivity contribution in [1.82, 2.24) is 0 Å². The van der Waals surface area contributed by atoms with Gasteiger partial charge in [-0.25, -0.2) is 4.39 Å². The number of hydrogen-bond donors (Lipinski definition) is 1. The van der Waals surface area contributed by atoms with E-state index < -0.39 is 11.7 Å². The van der Waals surface area contributed by atoms with Crippen molar-refractivity contribution < 1.29 is 13.9 Å². The smallest absolute Gasteiger partial charge is 0.248 e. The summed E-state index contributed by atoms with van der Waals surface area (Å²) in [6, 6.07) is 13.9. The van der Waals surface area contributed by atoms with E-state index in [-0.39, 0.29) is 5.56 Å². The van der Waals surface area contributed by atoms with Crippen molar-refractivity contribution in [2.45, 2.75) is 45.1 Å². The van der Waals surface area contributed by atoms with Crippen molar-refractivity contribution in [2.24, 2.45) is 5.73 Å². The molecule has 2 aromatic carbocycles. The monoisotopic (exact) mass is 447 g/mol. The Bertz CT molecular complexity index is 1050. The third-order valence-electron chi connectivity index (χ3n) is 5.81. The zero-order valence-electron chi connectivity index (χ0n) is 19.0. The quantitative estimate of drug-likeness (QED) is 0.660. The van der Waals surface area contributed by atoms with Crippen LogP contribution in [0.4, 0.5) is 10.1 Å². The van der Waals surface area contributed by atoms with Crippen LogP contribution in [0, 0.1) is 17.1 Å². The van der Waals surface area contributed by atoms with E-state index in [1.54, 1.807) is 25.3 Å². The highest BCUT2D eigenvalue weighted by atomic mass is 19.1. The van der Waals surface area contributed by atoms with Gasteiger partial charge in [-0.05, 0) is 35.9 Å². The van der Waals surface area contributed by atoms with E-state index in [2.05, 4.69) is 0 Å². The van der Waals surface area contributed by atoms with E-state index >= 15 is 0 Å². The molecule has 4 rings (SSSR count). The molecule has 6 heteroatoms. The number of amides is 1. The second-order valence-electron chi connectivity index (χ2n) is 8.19. The third-order valence-corrected chi connectivity index (χ3v) is 5.81. The molecule has 0 radical (unpaired) electrons. The molecule has 33 heavy (non-hydrogen) atoms. The van der Waals surface area contributed by atoms with E-state index in [1.807, 2.05) is 35.2 Å². The first-order valence-electron chi connectivity index (χ1n) is 11.3. The molecule has 1 amide bonds. The number of primary amides is 1. The van der Waals surface area contributed by atoms with Crippen LogP contribution in [0.1, 0.15) is 55.2 Å². The standard InChI is InChI=1S/C21H18FN3O2.C6H12/c1-27-13-14-2-6-18(7-3-14)25-9-8-16(21(24)26)11-20(25)15-4-5-17(12-23)19(22)10-15;1-2-4-6-5-3-1/h2-8,10-11H,9,13H2,1H3,(H2,24,26);1-6H2. The van der Waals surface area contributed by atoms with Crippen molar-refractivity contribution in [1.29, 1.82) is 5.26 Å². The maximum Gasteiger partial charge on any atom is 0.248 e. The van der Waals surface area contributed by atoms with Crippen molar-refractivity contribution >= 4 is 17.3 Å². The van der Waals surface area contributed by atoms with Crippen LogP contribution in [-0.4, -0.2) is 19.6 Å². The number of nitrogens with zero attached hydrogens (tertiary/aromatic N) is 2. The number of hydrogen-bond acceptors (Lipinski definition) is 4. The predicted octanol–water partition coefficient (Wildman–Crippen LogP) is 5.46. The van der Waals surface area contributed by atoms with Crippen LogP contribution < -0.4 is 10.6 Å². The summed E-state index contributed by atoms with van der Waals surface area (Å²) in [7, 11) is 1.63. The lowest BCUT2D eigenvalue weighted by Crippen LogP contribution is -2.27. The maximum absolute atomic E-state index is 14.1. The van der Waals surface area contributed by atoms with Gasteiger partial charge in [-0.15, -0.1) is 0 Å². The Balaban J connectivity index is 0.000000442. The summed E-state index contributed by atoms with van der Waals surface area (Å²) >= 11 is 0. The summed E-state index contributed by atoms with van der Waals surface area (Å²) < 4.78 is 19.3. The van der Waals surface area contributed by atoms with Gasteiger partial charge in [-0.1, -0.05) is 62.8 Å². The topological polar surface area (TPSA) is 79.3 Å². The van der Waals surface area contributed by atoms with Crippen molar-refractivity contribution in [3.8, 4) is 6.07 Å². The Morgan fingerprint density at radius 2 is 1.73 bits per heavy atom. The number of nitrogens with two attached hydrogens (primary N) is 1. The third kappa shape index (κ3) is 6.53. The van der Waals surface area contributed by atoms with Crippen LogP contribution in [0.2, 0.25) is 0 Å². The predicted molar refractivity (Wildman–Crippen MR) is 129 cm³/mol. The summed E-state index contributed by atoms with van der Waals surface area (Å²) in [5, 5.41) is 8.94. The van der Waals surface area contributed by atoms with Crippen LogP contribution in [0.5, 0.6) is 0 Å². The molecule has 1 saturated carbocycles. The van der Waals surface area contributed by atoms with Gasteiger partial charge in [0, 0.05) is 36.2 Å². The fourth-order valence-corrected chi connectivity index (χ4v) is 3.99. The lowest BCUT2D eigenvalue weighted by atomic mass is 10.0. The van der Waals surface area contributed by atoms with Gasteiger partial charge in [-0.2, -0.15) is 5.26 Å². The Morgan fingerprint density at radius 1 is 1.09 bits per heavy atom. The molecule has 2 aliphatic rings. The number of anilines is 1. The highest BCUT2D eigenvalue weighted by Gasteiger charge is 2.20. The fourth-order valence-electron chi connectivity index (χ4n) is 3.99. The number of nitriles is 1. The van der Waals surface area contributed by atoms with Gasteiger partial charge >= 0.3 is 0 Å². The molecule has 0 saturated heterocycles. The number of carbonyl (C=O) groups is 1. The molecule has 172 valence electrons. The van der Waals surface area contributed by atoms with E-state index in [1.165, 1.54) is 50.7 Å². The number of halogens is 1. The average Bonchev–Trinajstić information content (AvgIpc) is 2.86. The average molecular weight is 448 g/mol. The summed E-state index contributed by atoms with van der Waals surface area (Å²) in [5.41, 5.74) is 8.85. The lowest BCUT2D eigenvalue weighted by molar-refractivity contribution is -0.114. The van der Waals surface area contributed by atoms with Crippen molar-refractivity contribution in [3.63, 3.8) is 0 Å². The Labute approximate surface area is 195 Å². The molecule has 0 unspecified atom stereocenters. The summed E-state index contributed by atoms with van der Waals surface area (Å²) in [6.45, 7) is 0.922. The molecule has 2 N–H and O–H groups in total. The zero-order chi connectivity index (χ0) is 23.6. The van der Waals surface area contributed by atoms with E-state index in [0.717, 1.165) is 11.3 Å². The number of methoxy groups -OCH3 is 1. The Morgan fingerprint density at radius 3 is 2.24 bits per heavy atom. The van der Waals surface area contributed by atoms with Crippen LogP contribution in [0.3, 0.4) is 0 Å². The van der Waals surface area contributed by atoms with E-state index in [4.69, 9.17) is 15.7 Å². The summed E-state index contributed by atoms with van der Waals surface area (Å²) in [5.74, 6) is -1.15. The van der Waals surface area contributed by atoms with Crippen LogP contribution in [-0.2, 0) is 16.1 Å². The molecule has 0 aromatic heterocycles. The SMILES string of the molecule is C1CCCCC1.COCc1ccc(N2CC=C(C(N)=O)C=C2c2ccc(C#N)c(F)c2)cc1. The first-order valence-corrected chi connectivity index (χ1v) is 11.3. The lowest BCUT2D eigenvalue weighted by Gasteiger charge is -2.30. The molecule has 1 aliphatic heterocycles. The Hall–Kier alpha value is -3.43. The van der Waals surface area contributed by atoms with Gasteiger partial charge in [0.25, 0.3) is 0 Å². The first-order chi connectivity index (χ1) is 16.0. The zero-order valence-corrected chi connectivity index (χ0v) is 19.0. The normalized spacial score (nSPS) is 15.5. The number of carbonyl (C=O) groups excluding carboxylic acids is 1. The second kappa shape index (κ2) is 12.0. The highest BCUT2D eigenvalue weighted by molar-refractivity contribution is 5.99. The van der Waals surface area contributed by atoms with Gasteiger partial charge in [-0.3, -0.25) is 4.79 Å². The second-order valence-corrected chi connectivity index (χ2v) is 8.19. The molecule has 1 aliphatic carbocycles. The van der Waals surface area contributed by atoms with Crippen LogP contribution in [0.15, 0.2) is 60.2 Å². The molecule has 0 bridgehead atoms. The minimum atomic E-state index is -0.610. The highest BCUT2D eigenvalue weighted by Crippen LogP contribution is 2.31. The molecule has 1 fully saturated rings. The van der Waals surface area contributed by atoms with E-state index in [0.29, 0.717) is 30.0 Å². The van der Waals surface area contributed by atoms with Gasteiger partial charge in [0.1, 0.15) is 11.9 Å². The minimum absolute atomic E-state index is 0.0312. The number of ether oxygens (including phenoxy) is 1. The van der Waals surface area contributed by atoms with Gasteiger partial charge < -0.3 is 15.4 Å². The first kappa shape index (κ1) is 24.2. The van der Waals surface area contributed by atoms with Gasteiger partial charge in [0.15, 0.2) is 0 Å². The summed E-state index contributed by atoms with van der Waals surface area (Å²) in [4.78, 5) is 13.6. The fraction of sp³-hybridized carbons (Fsp3) is 0.333. The number of rotatable bonds is 5. The largest absolute Gasteiger partial charge is 0.380 e. The van der Waals surface area contributed by atoms with Crippen molar-refractivity contribution in [2.75, 3.05) is 18.6 Å². The van der Waals surface area contributed by atoms with Crippen molar-refractivity contribution in [3.05, 3.63) is 82.7 Å². The van der Waals surface area contributed by atoms with Gasteiger partial charge in [0.2, 0.25) is 5.91 Å².